The summed E-state index contributed by atoms with van der Waals surface area (Å²) in [6.07, 6.45) is 2.08. The van der Waals surface area contributed by atoms with Crippen molar-refractivity contribution in [1.82, 2.24) is 20.2 Å². The number of nitrogens with two attached hydrogens (primary N) is 1. The fraction of sp³-hybridized carbons (Fsp3) is 0.318. The van der Waals surface area contributed by atoms with Crippen LogP contribution in [-0.4, -0.2) is 46.3 Å². The molecule has 1 atom stereocenters. The number of aryl methyl sites for hydroxylation is 1. The number of fused-ring (bicyclic) bond motifs is 1. The zero-order valence-corrected chi connectivity index (χ0v) is 17.5. The van der Waals surface area contributed by atoms with Crippen LogP contribution in [-0.2, 0) is 0 Å². The van der Waals surface area contributed by atoms with Crippen LogP contribution in [0.4, 0.5) is 0 Å². The third kappa shape index (κ3) is 4.04. The number of carbonyl (C=O) groups excluding carboxylic acids is 2. The lowest BCUT2D eigenvalue weighted by Crippen LogP contribution is -2.34. The van der Waals surface area contributed by atoms with Crippen molar-refractivity contribution in [1.29, 1.82) is 0 Å². The fourth-order valence-corrected chi connectivity index (χ4v) is 3.95. The molecule has 1 saturated heterocycles. The van der Waals surface area contributed by atoms with Crippen molar-refractivity contribution in [2.75, 3.05) is 19.6 Å². The molecule has 3 aromatic rings. The van der Waals surface area contributed by atoms with E-state index in [4.69, 9.17) is 17.3 Å². The topological polar surface area (TPSA) is 104 Å². The van der Waals surface area contributed by atoms with Gasteiger partial charge in [0.05, 0.1) is 17.1 Å². The zero-order valence-electron chi connectivity index (χ0n) is 16.7. The van der Waals surface area contributed by atoms with Crippen LogP contribution in [0.15, 0.2) is 36.4 Å². The number of carbonyl (C=O) groups is 2. The van der Waals surface area contributed by atoms with E-state index >= 15 is 0 Å². The number of hydrogen-bond acceptors (Lipinski definition) is 4. The van der Waals surface area contributed by atoms with Crippen molar-refractivity contribution >= 4 is 34.4 Å². The lowest BCUT2D eigenvalue weighted by Gasteiger charge is -2.18. The van der Waals surface area contributed by atoms with Gasteiger partial charge in [0.2, 0.25) is 0 Å². The quantitative estimate of drug-likeness (QED) is 0.583. The molecule has 156 valence electrons. The molecule has 0 aliphatic carbocycles. The van der Waals surface area contributed by atoms with Crippen LogP contribution in [0, 0.1) is 6.92 Å². The summed E-state index contributed by atoms with van der Waals surface area (Å²) in [5, 5.41) is 3.51. The highest BCUT2D eigenvalue weighted by molar-refractivity contribution is 6.31. The van der Waals surface area contributed by atoms with Gasteiger partial charge < -0.3 is 20.9 Å². The first kappa shape index (κ1) is 20.4. The number of imidazole rings is 1. The molecule has 2 aromatic carbocycles. The molecule has 30 heavy (non-hydrogen) atoms. The van der Waals surface area contributed by atoms with Crippen LogP contribution in [0.2, 0.25) is 5.02 Å². The maximum absolute atomic E-state index is 12.8. The summed E-state index contributed by atoms with van der Waals surface area (Å²) in [6, 6.07) is 10.0. The van der Waals surface area contributed by atoms with E-state index in [1.165, 1.54) is 0 Å². The number of halogens is 1. The average Bonchev–Trinajstić information content (AvgIpc) is 3.40. The lowest BCUT2D eigenvalue weighted by atomic mass is 10.0. The van der Waals surface area contributed by atoms with Crippen molar-refractivity contribution in [2.45, 2.75) is 25.8 Å². The van der Waals surface area contributed by atoms with E-state index in [1.807, 2.05) is 17.9 Å². The molecule has 0 saturated carbocycles. The number of benzene rings is 2. The number of H-pyrrole nitrogens is 1. The molecule has 1 aromatic heterocycles. The van der Waals surface area contributed by atoms with E-state index < -0.39 is 6.04 Å². The molecule has 8 heteroatoms. The molecule has 4 N–H and O–H groups in total. The molecule has 1 fully saturated rings. The standard InChI is InChI=1S/C22H24ClN5O2/c1-13-10-14(4-6-16(13)22(30)28-8-2-3-9-28)21(29)27-19(12-24)20-25-17-7-5-15(23)11-18(17)26-20/h4-7,10-11,19H,2-3,8-9,12,24H2,1H3,(H,25,26)(H,27,29). The van der Waals surface area contributed by atoms with Gasteiger partial charge >= 0.3 is 0 Å². The zero-order chi connectivity index (χ0) is 21.3. The smallest absolute Gasteiger partial charge is 0.254 e. The van der Waals surface area contributed by atoms with Gasteiger partial charge in [0.1, 0.15) is 5.82 Å². The molecular formula is C22H24ClN5O2. The summed E-state index contributed by atoms with van der Waals surface area (Å²) in [6.45, 7) is 3.62. The third-order valence-corrected chi connectivity index (χ3v) is 5.68. The normalized spacial score (nSPS) is 14.8. The molecule has 0 bridgehead atoms. The van der Waals surface area contributed by atoms with Gasteiger partial charge in [-0.3, -0.25) is 9.59 Å². The van der Waals surface area contributed by atoms with Gasteiger partial charge in [0.25, 0.3) is 11.8 Å². The maximum Gasteiger partial charge on any atom is 0.254 e. The Morgan fingerprint density at radius 3 is 2.70 bits per heavy atom. The monoisotopic (exact) mass is 425 g/mol. The largest absolute Gasteiger partial charge is 0.341 e. The molecule has 2 heterocycles. The first-order valence-corrected chi connectivity index (χ1v) is 10.4. The summed E-state index contributed by atoms with van der Waals surface area (Å²) in [4.78, 5) is 35.0. The minimum absolute atomic E-state index is 0.0257. The lowest BCUT2D eigenvalue weighted by molar-refractivity contribution is 0.0791. The van der Waals surface area contributed by atoms with Gasteiger partial charge in [-0.25, -0.2) is 4.98 Å². The predicted molar refractivity (Wildman–Crippen MR) is 117 cm³/mol. The van der Waals surface area contributed by atoms with Gasteiger partial charge in [-0.05, 0) is 61.7 Å². The Balaban J connectivity index is 1.51. The SMILES string of the molecule is Cc1cc(C(=O)NC(CN)c2nc3cc(Cl)ccc3[nH]2)ccc1C(=O)N1CCCC1. The Morgan fingerprint density at radius 1 is 1.23 bits per heavy atom. The molecule has 1 unspecified atom stereocenters. The van der Waals surface area contributed by atoms with Crippen LogP contribution < -0.4 is 11.1 Å². The molecule has 0 spiro atoms. The fourth-order valence-electron chi connectivity index (χ4n) is 3.78. The van der Waals surface area contributed by atoms with E-state index in [0.717, 1.165) is 37.0 Å². The summed E-state index contributed by atoms with van der Waals surface area (Å²) >= 11 is 6.02. The minimum Gasteiger partial charge on any atom is -0.341 e. The number of nitrogens with zero attached hydrogens (tertiary/aromatic N) is 2. The third-order valence-electron chi connectivity index (χ3n) is 5.45. The Labute approximate surface area is 179 Å². The first-order chi connectivity index (χ1) is 14.5. The van der Waals surface area contributed by atoms with Crippen LogP contribution in [0.5, 0.6) is 0 Å². The van der Waals surface area contributed by atoms with Crippen molar-refractivity contribution in [3.05, 3.63) is 63.9 Å². The maximum atomic E-state index is 12.8. The average molecular weight is 426 g/mol. The van der Waals surface area contributed by atoms with Crippen LogP contribution in [0.3, 0.4) is 0 Å². The van der Waals surface area contributed by atoms with Crippen LogP contribution in [0.1, 0.15) is 51.0 Å². The molecular weight excluding hydrogens is 402 g/mol. The Bertz CT molecular complexity index is 1100. The van der Waals surface area contributed by atoms with Crippen LogP contribution in [0.25, 0.3) is 11.0 Å². The second-order valence-electron chi connectivity index (χ2n) is 7.57. The highest BCUT2D eigenvalue weighted by Gasteiger charge is 2.22. The van der Waals surface area contributed by atoms with E-state index in [0.29, 0.717) is 27.5 Å². The highest BCUT2D eigenvalue weighted by Crippen LogP contribution is 2.21. The molecule has 7 nitrogen and oxygen atoms in total. The second-order valence-corrected chi connectivity index (χ2v) is 8.01. The number of aromatic amines is 1. The van der Waals surface area contributed by atoms with Crippen molar-refractivity contribution in [3.63, 3.8) is 0 Å². The van der Waals surface area contributed by atoms with Gasteiger partial charge in [0, 0.05) is 35.8 Å². The predicted octanol–water partition coefficient (Wildman–Crippen LogP) is 3.19. The van der Waals surface area contributed by atoms with Gasteiger partial charge in [-0.15, -0.1) is 0 Å². The molecule has 1 aliphatic rings. The number of amides is 2. The number of hydrogen-bond donors (Lipinski definition) is 3. The molecule has 0 radical (unpaired) electrons. The van der Waals surface area contributed by atoms with Gasteiger partial charge in [-0.2, -0.15) is 0 Å². The number of likely N-dealkylation sites (tertiary alicyclic amines) is 1. The summed E-state index contributed by atoms with van der Waals surface area (Å²) < 4.78 is 0. The summed E-state index contributed by atoms with van der Waals surface area (Å²) in [5.74, 6) is 0.325. The van der Waals surface area contributed by atoms with Crippen molar-refractivity contribution in [2.24, 2.45) is 5.73 Å². The van der Waals surface area contributed by atoms with E-state index in [-0.39, 0.29) is 18.4 Å². The Hall–Kier alpha value is -2.90. The second kappa shape index (κ2) is 8.45. The molecule has 2 amide bonds. The number of rotatable bonds is 5. The Morgan fingerprint density at radius 2 is 2.00 bits per heavy atom. The van der Waals surface area contributed by atoms with E-state index in [1.54, 1.807) is 30.3 Å². The number of aromatic nitrogens is 2. The van der Waals surface area contributed by atoms with Crippen molar-refractivity contribution in [3.8, 4) is 0 Å². The van der Waals surface area contributed by atoms with E-state index in [2.05, 4.69) is 15.3 Å². The van der Waals surface area contributed by atoms with Crippen molar-refractivity contribution < 1.29 is 9.59 Å². The van der Waals surface area contributed by atoms with E-state index in [9.17, 15) is 9.59 Å². The number of nitrogens with one attached hydrogen (secondary N) is 2. The Kier molecular flexibility index (Phi) is 5.74. The van der Waals surface area contributed by atoms with Gasteiger partial charge in [-0.1, -0.05) is 11.6 Å². The molecule has 1 aliphatic heterocycles. The summed E-state index contributed by atoms with van der Waals surface area (Å²) in [5.41, 5.74) is 9.32. The summed E-state index contributed by atoms with van der Waals surface area (Å²) in [7, 11) is 0. The first-order valence-electron chi connectivity index (χ1n) is 10.0. The molecule has 4 rings (SSSR count). The minimum atomic E-state index is -0.477. The highest BCUT2D eigenvalue weighted by atomic mass is 35.5. The van der Waals surface area contributed by atoms with Gasteiger partial charge in [0.15, 0.2) is 0 Å². The van der Waals surface area contributed by atoms with Crippen LogP contribution >= 0.6 is 11.6 Å².